The van der Waals surface area contributed by atoms with E-state index in [9.17, 15) is 23.4 Å². The van der Waals surface area contributed by atoms with Crippen molar-refractivity contribution in [1.29, 1.82) is 0 Å². The van der Waals surface area contributed by atoms with E-state index in [1.54, 1.807) is 0 Å². The highest BCUT2D eigenvalue weighted by atomic mass is 32.3. The molecule has 0 saturated carbocycles. The van der Waals surface area contributed by atoms with Crippen LogP contribution < -0.4 is 0 Å². The highest BCUT2D eigenvalue weighted by molar-refractivity contribution is 7.80. The van der Waals surface area contributed by atoms with Crippen molar-refractivity contribution in [1.82, 2.24) is 0 Å². The quantitative estimate of drug-likeness (QED) is 0.328. The smallest absolute Gasteiger partial charge is 0.397 e. The normalized spacial score (nSPS) is 38.9. The van der Waals surface area contributed by atoms with Crippen molar-refractivity contribution in [2.24, 2.45) is 0 Å². The van der Waals surface area contributed by atoms with E-state index in [2.05, 4.69) is 8.92 Å². The number of hydrogen-bond donors (Lipinski definition) is 5. The van der Waals surface area contributed by atoms with Crippen molar-refractivity contribution >= 4 is 16.4 Å². The Labute approximate surface area is 95.0 Å². The number of rotatable bonds is 3. The van der Waals surface area contributed by atoms with Gasteiger partial charge in [0.2, 0.25) is 0 Å². The first kappa shape index (κ1) is 14.2. The molecule has 5 atom stereocenters. The van der Waals surface area contributed by atoms with Crippen molar-refractivity contribution in [3.8, 4) is 0 Å². The van der Waals surface area contributed by atoms with Gasteiger partial charge < -0.3 is 25.2 Å². The van der Waals surface area contributed by atoms with Gasteiger partial charge in [-0.2, -0.15) is 8.42 Å². The third kappa shape index (κ3) is 3.32. The lowest BCUT2D eigenvalue weighted by atomic mass is 9.99. The molecule has 1 saturated heterocycles. The number of carboxylic acid groups (broad SMARTS) is 1. The average molecular weight is 274 g/mol. The van der Waals surface area contributed by atoms with E-state index in [0.717, 1.165) is 0 Å². The minimum Gasteiger partial charge on any atom is -0.479 e. The SMILES string of the molecule is O=C(O)[C@@H]1OC(O)[C@H](O)[C@@H](OS(=O)(=O)O)[C@@H]1O. The average Bonchev–Trinajstić information content (AvgIpc) is 2.16. The predicted molar refractivity (Wildman–Crippen MR) is 47.0 cm³/mol. The Morgan fingerprint density at radius 3 is 2.12 bits per heavy atom. The Balaban J connectivity index is 2.95. The number of aliphatic hydroxyl groups excluding tert-OH is 3. The van der Waals surface area contributed by atoms with Gasteiger partial charge in [-0.1, -0.05) is 0 Å². The molecule has 10 nitrogen and oxygen atoms in total. The van der Waals surface area contributed by atoms with E-state index in [0.29, 0.717) is 0 Å². The first-order chi connectivity index (χ1) is 7.63. The molecule has 1 heterocycles. The molecule has 0 amide bonds. The summed E-state index contributed by atoms with van der Waals surface area (Å²) >= 11 is 0. The second-order valence-corrected chi connectivity index (χ2v) is 4.30. The van der Waals surface area contributed by atoms with Crippen LogP contribution in [0.4, 0.5) is 0 Å². The van der Waals surface area contributed by atoms with Crippen molar-refractivity contribution in [2.45, 2.75) is 30.7 Å². The van der Waals surface area contributed by atoms with Crippen LogP contribution in [0.3, 0.4) is 0 Å². The Morgan fingerprint density at radius 1 is 1.18 bits per heavy atom. The van der Waals surface area contributed by atoms with Gasteiger partial charge in [-0.3, -0.25) is 4.55 Å². The van der Waals surface area contributed by atoms with Gasteiger partial charge in [0.25, 0.3) is 0 Å². The van der Waals surface area contributed by atoms with Crippen LogP contribution >= 0.6 is 0 Å². The number of carboxylic acids is 1. The number of carbonyl (C=O) groups is 1. The largest absolute Gasteiger partial charge is 0.479 e. The lowest BCUT2D eigenvalue weighted by Crippen LogP contribution is -2.60. The van der Waals surface area contributed by atoms with Gasteiger partial charge in [-0.25, -0.2) is 8.98 Å². The van der Waals surface area contributed by atoms with E-state index in [1.165, 1.54) is 0 Å². The molecule has 17 heavy (non-hydrogen) atoms. The molecular weight excluding hydrogens is 264 g/mol. The Morgan fingerprint density at radius 2 is 1.71 bits per heavy atom. The van der Waals surface area contributed by atoms with Gasteiger partial charge in [0, 0.05) is 0 Å². The van der Waals surface area contributed by atoms with Gasteiger partial charge in [0.15, 0.2) is 12.4 Å². The number of aliphatic hydroxyl groups is 3. The summed E-state index contributed by atoms with van der Waals surface area (Å²) in [6.07, 6.45) is -10.3. The van der Waals surface area contributed by atoms with Crippen molar-refractivity contribution < 1.29 is 47.1 Å². The maximum atomic E-state index is 10.6. The molecule has 0 radical (unpaired) electrons. The molecule has 1 aliphatic rings. The molecule has 1 rings (SSSR count). The zero-order valence-electron chi connectivity index (χ0n) is 8.07. The summed E-state index contributed by atoms with van der Waals surface area (Å²) in [4.78, 5) is 10.6. The summed E-state index contributed by atoms with van der Waals surface area (Å²) in [6.45, 7) is 0. The molecule has 1 unspecified atom stereocenters. The van der Waals surface area contributed by atoms with Gasteiger partial charge in [-0.05, 0) is 0 Å². The summed E-state index contributed by atoms with van der Waals surface area (Å²) in [5.74, 6) is -1.70. The lowest BCUT2D eigenvalue weighted by Gasteiger charge is -2.37. The first-order valence-electron chi connectivity index (χ1n) is 4.21. The summed E-state index contributed by atoms with van der Waals surface area (Å²) in [5.41, 5.74) is 0. The summed E-state index contributed by atoms with van der Waals surface area (Å²) in [5, 5.41) is 36.3. The molecule has 0 aromatic rings. The molecule has 11 heteroatoms. The van der Waals surface area contributed by atoms with Crippen LogP contribution in [-0.4, -0.2) is 70.1 Å². The molecule has 1 aliphatic heterocycles. The van der Waals surface area contributed by atoms with Gasteiger partial charge in [0.05, 0.1) is 0 Å². The van der Waals surface area contributed by atoms with Gasteiger partial charge in [0.1, 0.15) is 18.3 Å². The van der Waals surface area contributed by atoms with Crippen LogP contribution in [0.1, 0.15) is 0 Å². The van der Waals surface area contributed by atoms with E-state index < -0.39 is 47.1 Å². The second-order valence-electron chi connectivity index (χ2n) is 3.26. The molecule has 0 aromatic heterocycles. The van der Waals surface area contributed by atoms with Gasteiger partial charge in [-0.15, -0.1) is 0 Å². The summed E-state index contributed by atoms with van der Waals surface area (Å²) < 4.78 is 37.4. The zero-order chi connectivity index (χ0) is 13.4. The molecule has 1 fully saturated rings. The Hall–Kier alpha value is -0.820. The van der Waals surface area contributed by atoms with Crippen LogP contribution in [-0.2, 0) is 24.1 Å². The van der Waals surface area contributed by atoms with Crippen LogP contribution in [0, 0.1) is 0 Å². The Kier molecular flexibility index (Phi) is 4.03. The predicted octanol–water partition coefficient (Wildman–Crippen LogP) is -3.30. The van der Waals surface area contributed by atoms with Crippen LogP contribution in [0.5, 0.6) is 0 Å². The summed E-state index contributed by atoms with van der Waals surface area (Å²) in [7, 11) is -5.04. The van der Waals surface area contributed by atoms with Crippen LogP contribution in [0.2, 0.25) is 0 Å². The standard InChI is InChI=1S/C6H10O10S/c7-1-3(16-17(12,13)14)2(8)6(11)15-4(1)5(9)10/h1-4,6-8,11H,(H,9,10)(H,12,13,14)/t1-,2+,3-,4+,6?/m0/s1. The van der Waals surface area contributed by atoms with E-state index in [4.69, 9.17) is 14.8 Å². The number of ether oxygens (including phenoxy) is 1. The highest BCUT2D eigenvalue weighted by Crippen LogP contribution is 2.23. The molecule has 0 bridgehead atoms. The van der Waals surface area contributed by atoms with Crippen molar-refractivity contribution in [3.63, 3.8) is 0 Å². The number of hydrogen-bond acceptors (Lipinski definition) is 8. The van der Waals surface area contributed by atoms with E-state index in [-0.39, 0.29) is 0 Å². The minimum absolute atomic E-state index is 1.70. The summed E-state index contributed by atoms with van der Waals surface area (Å²) in [6, 6.07) is 0. The molecule has 0 aliphatic carbocycles. The maximum Gasteiger partial charge on any atom is 0.397 e. The van der Waals surface area contributed by atoms with Gasteiger partial charge >= 0.3 is 16.4 Å². The second kappa shape index (κ2) is 4.81. The van der Waals surface area contributed by atoms with E-state index in [1.807, 2.05) is 0 Å². The molecule has 0 aromatic carbocycles. The molecule has 0 spiro atoms. The third-order valence-electron chi connectivity index (χ3n) is 2.04. The van der Waals surface area contributed by atoms with Crippen LogP contribution in [0.25, 0.3) is 0 Å². The minimum atomic E-state index is -5.04. The fourth-order valence-electron chi connectivity index (χ4n) is 1.31. The van der Waals surface area contributed by atoms with Crippen molar-refractivity contribution in [3.05, 3.63) is 0 Å². The molecule has 100 valence electrons. The lowest BCUT2D eigenvalue weighted by molar-refractivity contribution is -0.275. The van der Waals surface area contributed by atoms with Crippen molar-refractivity contribution in [2.75, 3.05) is 0 Å². The Bertz CT molecular complexity index is 390. The number of aliphatic carboxylic acids is 1. The zero-order valence-corrected chi connectivity index (χ0v) is 8.89. The molecular formula is C6H10O10S. The first-order valence-corrected chi connectivity index (χ1v) is 5.58. The fourth-order valence-corrected chi connectivity index (χ4v) is 1.81. The van der Waals surface area contributed by atoms with E-state index >= 15 is 0 Å². The maximum absolute atomic E-state index is 10.6. The fraction of sp³-hybridized carbons (Fsp3) is 0.833. The third-order valence-corrected chi connectivity index (χ3v) is 2.50. The monoisotopic (exact) mass is 274 g/mol. The molecule has 5 N–H and O–H groups in total. The van der Waals surface area contributed by atoms with Crippen LogP contribution in [0.15, 0.2) is 0 Å². The topological polar surface area (TPSA) is 171 Å². The highest BCUT2D eigenvalue weighted by Gasteiger charge is 2.49.